The van der Waals surface area contributed by atoms with Crippen molar-refractivity contribution in [1.82, 2.24) is 5.32 Å². The minimum atomic E-state index is 0.172. The zero-order chi connectivity index (χ0) is 14.4. The van der Waals surface area contributed by atoms with Gasteiger partial charge < -0.3 is 5.32 Å². The van der Waals surface area contributed by atoms with Crippen molar-refractivity contribution in [3.63, 3.8) is 0 Å². The highest BCUT2D eigenvalue weighted by atomic mass is 15.1. The molecule has 0 bridgehead atoms. The summed E-state index contributed by atoms with van der Waals surface area (Å²) in [5.74, 6) is 0.796. The van der Waals surface area contributed by atoms with Crippen LogP contribution in [0.1, 0.15) is 81.6 Å². The second-order valence-electron chi connectivity index (χ2n) is 9.37. The lowest BCUT2D eigenvalue weighted by Gasteiger charge is -2.48. The smallest absolute Gasteiger partial charge is 0.0181 e. The largest absolute Gasteiger partial charge is 0.306 e. The lowest BCUT2D eigenvalue weighted by molar-refractivity contribution is 0.0944. The first-order chi connectivity index (χ1) is 7.77. The standard InChI is InChI=1S/C17H35N/c1-13-10-14(2,3)12-16(6,7)18-17(8,9)15(4,5)11-13/h13,18H,10-12H2,1-9H3. The van der Waals surface area contributed by atoms with E-state index in [-0.39, 0.29) is 11.1 Å². The summed E-state index contributed by atoms with van der Waals surface area (Å²) in [4.78, 5) is 0. The van der Waals surface area contributed by atoms with E-state index < -0.39 is 0 Å². The Morgan fingerprint density at radius 1 is 0.833 bits per heavy atom. The number of hydrogen-bond acceptors (Lipinski definition) is 1. The lowest BCUT2D eigenvalue weighted by Crippen LogP contribution is -2.59. The quantitative estimate of drug-likeness (QED) is 0.640. The van der Waals surface area contributed by atoms with E-state index in [4.69, 9.17) is 0 Å². The Balaban J connectivity index is 3.12. The maximum atomic E-state index is 3.94. The summed E-state index contributed by atoms with van der Waals surface area (Å²) < 4.78 is 0. The molecule has 1 saturated heterocycles. The zero-order valence-electron chi connectivity index (χ0n) is 14.2. The van der Waals surface area contributed by atoms with Crippen LogP contribution in [0.15, 0.2) is 0 Å². The molecule has 0 aliphatic carbocycles. The van der Waals surface area contributed by atoms with Crippen LogP contribution in [0.4, 0.5) is 0 Å². The molecule has 0 aromatic heterocycles. The van der Waals surface area contributed by atoms with Crippen LogP contribution >= 0.6 is 0 Å². The Labute approximate surface area is 115 Å². The van der Waals surface area contributed by atoms with Crippen molar-refractivity contribution >= 4 is 0 Å². The molecule has 1 heteroatoms. The van der Waals surface area contributed by atoms with Gasteiger partial charge in [0, 0.05) is 11.1 Å². The average Bonchev–Trinajstić information content (AvgIpc) is 1.93. The number of nitrogens with one attached hydrogen (secondary N) is 1. The summed E-state index contributed by atoms with van der Waals surface area (Å²) in [5.41, 5.74) is 1.12. The minimum Gasteiger partial charge on any atom is -0.306 e. The Morgan fingerprint density at radius 3 is 1.83 bits per heavy atom. The fourth-order valence-electron chi connectivity index (χ4n) is 4.47. The molecule has 1 unspecified atom stereocenters. The SMILES string of the molecule is CC1CC(C)(C)CC(C)(C)NC(C)(C)C(C)(C)C1. The number of rotatable bonds is 0. The lowest BCUT2D eigenvalue weighted by atomic mass is 9.68. The van der Waals surface area contributed by atoms with Crippen LogP contribution in [0.3, 0.4) is 0 Å². The number of hydrogen-bond donors (Lipinski definition) is 1. The highest BCUT2D eigenvalue weighted by Crippen LogP contribution is 2.45. The van der Waals surface area contributed by atoms with Crippen LogP contribution < -0.4 is 5.32 Å². The zero-order valence-corrected chi connectivity index (χ0v) is 14.2. The Kier molecular flexibility index (Phi) is 4.01. The molecule has 1 nitrogen and oxygen atoms in total. The van der Waals surface area contributed by atoms with Gasteiger partial charge in [-0.2, -0.15) is 0 Å². The Hall–Kier alpha value is -0.0400. The molecule has 1 N–H and O–H groups in total. The van der Waals surface area contributed by atoms with E-state index in [2.05, 4.69) is 67.6 Å². The minimum absolute atomic E-state index is 0.172. The van der Waals surface area contributed by atoms with Crippen LogP contribution in [0, 0.1) is 16.7 Å². The van der Waals surface area contributed by atoms with E-state index in [1.807, 2.05) is 0 Å². The van der Waals surface area contributed by atoms with E-state index in [9.17, 15) is 0 Å². The molecule has 0 amide bonds. The van der Waals surface area contributed by atoms with Crippen molar-refractivity contribution in [2.75, 3.05) is 0 Å². The van der Waals surface area contributed by atoms with E-state index in [0.717, 1.165) is 5.92 Å². The highest BCUT2D eigenvalue weighted by Gasteiger charge is 2.44. The average molecular weight is 253 g/mol. The summed E-state index contributed by atoms with van der Waals surface area (Å²) in [6.45, 7) is 21.6. The summed E-state index contributed by atoms with van der Waals surface area (Å²) in [5, 5.41) is 3.94. The molecular weight excluding hydrogens is 218 g/mol. The van der Waals surface area contributed by atoms with E-state index in [1.54, 1.807) is 0 Å². The van der Waals surface area contributed by atoms with Crippen LogP contribution in [0.2, 0.25) is 0 Å². The molecule has 0 spiro atoms. The van der Waals surface area contributed by atoms with Crippen LogP contribution in [0.25, 0.3) is 0 Å². The topological polar surface area (TPSA) is 12.0 Å². The van der Waals surface area contributed by atoms with Crippen LogP contribution in [-0.4, -0.2) is 11.1 Å². The molecule has 1 aliphatic rings. The van der Waals surface area contributed by atoms with Crippen LogP contribution in [0.5, 0.6) is 0 Å². The highest BCUT2D eigenvalue weighted by molar-refractivity contribution is 5.01. The third kappa shape index (κ3) is 3.73. The molecule has 1 aliphatic heterocycles. The summed E-state index contributed by atoms with van der Waals surface area (Å²) in [7, 11) is 0. The first-order valence-electron chi connectivity index (χ1n) is 7.56. The van der Waals surface area contributed by atoms with Crippen molar-refractivity contribution < 1.29 is 0 Å². The van der Waals surface area contributed by atoms with Gasteiger partial charge in [0.05, 0.1) is 0 Å². The second kappa shape index (κ2) is 4.51. The first-order valence-corrected chi connectivity index (χ1v) is 7.56. The van der Waals surface area contributed by atoms with Gasteiger partial charge >= 0.3 is 0 Å². The molecule has 0 aromatic rings. The molecule has 0 radical (unpaired) electrons. The first kappa shape index (κ1) is 16.0. The maximum Gasteiger partial charge on any atom is 0.0181 e. The monoisotopic (exact) mass is 253 g/mol. The van der Waals surface area contributed by atoms with Crippen molar-refractivity contribution in [2.24, 2.45) is 16.7 Å². The molecule has 0 aromatic carbocycles. The Morgan fingerprint density at radius 2 is 1.33 bits per heavy atom. The van der Waals surface area contributed by atoms with Gasteiger partial charge in [-0.05, 0) is 63.7 Å². The van der Waals surface area contributed by atoms with Gasteiger partial charge in [0.15, 0.2) is 0 Å². The molecule has 108 valence electrons. The van der Waals surface area contributed by atoms with Gasteiger partial charge in [-0.3, -0.25) is 0 Å². The summed E-state index contributed by atoms with van der Waals surface area (Å²) in [6, 6.07) is 0. The molecule has 1 heterocycles. The van der Waals surface area contributed by atoms with E-state index >= 15 is 0 Å². The predicted molar refractivity (Wildman–Crippen MR) is 81.9 cm³/mol. The normalized spacial score (nSPS) is 34.2. The van der Waals surface area contributed by atoms with Gasteiger partial charge in [-0.1, -0.05) is 34.6 Å². The fourth-order valence-corrected chi connectivity index (χ4v) is 4.47. The van der Waals surface area contributed by atoms with E-state index in [0.29, 0.717) is 10.8 Å². The van der Waals surface area contributed by atoms with Crippen molar-refractivity contribution in [2.45, 2.75) is 92.7 Å². The molecule has 18 heavy (non-hydrogen) atoms. The molecule has 1 rings (SSSR count). The maximum absolute atomic E-state index is 3.94. The molecule has 0 saturated carbocycles. The molecular formula is C17H35N. The third-order valence-corrected chi connectivity index (χ3v) is 5.02. The Bertz CT molecular complexity index is 297. The van der Waals surface area contributed by atoms with Gasteiger partial charge in [-0.25, -0.2) is 0 Å². The van der Waals surface area contributed by atoms with Gasteiger partial charge in [0.2, 0.25) is 0 Å². The van der Waals surface area contributed by atoms with Crippen molar-refractivity contribution in [3.05, 3.63) is 0 Å². The second-order valence-corrected chi connectivity index (χ2v) is 9.37. The summed E-state index contributed by atoms with van der Waals surface area (Å²) >= 11 is 0. The van der Waals surface area contributed by atoms with Gasteiger partial charge in [0.1, 0.15) is 0 Å². The van der Waals surface area contributed by atoms with Crippen LogP contribution in [-0.2, 0) is 0 Å². The van der Waals surface area contributed by atoms with Crippen molar-refractivity contribution in [3.8, 4) is 0 Å². The summed E-state index contributed by atoms with van der Waals surface area (Å²) in [6.07, 6.45) is 3.87. The van der Waals surface area contributed by atoms with Gasteiger partial charge in [0.25, 0.3) is 0 Å². The molecule has 1 atom stereocenters. The fraction of sp³-hybridized carbons (Fsp3) is 1.00. The van der Waals surface area contributed by atoms with Gasteiger partial charge in [-0.15, -0.1) is 0 Å². The third-order valence-electron chi connectivity index (χ3n) is 5.02. The van der Waals surface area contributed by atoms with Crippen molar-refractivity contribution in [1.29, 1.82) is 0 Å². The van der Waals surface area contributed by atoms with E-state index in [1.165, 1.54) is 19.3 Å². The predicted octanol–water partition coefficient (Wildman–Crippen LogP) is 5.01. The molecule has 1 fully saturated rings.